The Bertz CT molecular complexity index is 501. The van der Waals surface area contributed by atoms with E-state index in [1.165, 1.54) is 32.5 Å². The zero-order chi connectivity index (χ0) is 16.1. The van der Waals surface area contributed by atoms with Crippen LogP contribution in [0.5, 0.6) is 0 Å². The third-order valence-corrected chi connectivity index (χ3v) is 5.30. The fourth-order valence-electron chi connectivity index (χ4n) is 3.83. The molecule has 1 unspecified atom stereocenters. The average Bonchev–Trinajstić information content (AvgIpc) is 3.09. The van der Waals surface area contributed by atoms with E-state index in [9.17, 15) is 4.79 Å². The van der Waals surface area contributed by atoms with Gasteiger partial charge in [-0.05, 0) is 50.3 Å². The second-order valence-electron chi connectivity index (χ2n) is 7.05. The number of likely N-dealkylation sites (tertiary alicyclic amines) is 2. The summed E-state index contributed by atoms with van der Waals surface area (Å²) in [7, 11) is 0. The summed E-state index contributed by atoms with van der Waals surface area (Å²) < 4.78 is 0. The molecule has 6 heteroatoms. The van der Waals surface area contributed by atoms with Crippen molar-refractivity contribution in [3.05, 3.63) is 35.9 Å². The first-order valence-electron chi connectivity index (χ1n) is 9.03. The molecule has 0 bridgehead atoms. The Morgan fingerprint density at radius 2 is 1.64 bits per heavy atom. The lowest BCUT2D eigenvalue weighted by Crippen LogP contribution is -2.42. The van der Waals surface area contributed by atoms with Crippen LogP contribution in [0.2, 0.25) is 0 Å². The number of piperidine rings is 1. The van der Waals surface area contributed by atoms with Gasteiger partial charge in [0.15, 0.2) is 0 Å². The summed E-state index contributed by atoms with van der Waals surface area (Å²) in [4.78, 5) is 17.1. The van der Waals surface area contributed by atoms with Crippen LogP contribution in [0.25, 0.3) is 0 Å². The molecule has 142 valence electrons. The zero-order valence-corrected chi connectivity index (χ0v) is 16.4. The highest BCUT2D eigenvalue weighted by Crippen LogP contribution is 2.22. The molecule has 25 heavy (non-hydrogen) atoms. The maximum absolute atomic E-state index is 12.5. The van der Waals surface area contributed by atoms with Gasteiger partial charge in [-0.15, -0.1) is 24.8 Å². The lowest BCUT2D eigenvalue weighted by molar-refractivity contribution is -0.133. The van der Waals surface area contributed by atoms with Crippen molar-refractivity contribution in [1.29, 1.82) is 0 Å². The number of amides is 1. The van der Waals surface area contributed by atoms with Crippen LogP contribution >= 0.6 is 24.8 Å². The maximum Gasteiger partial charge on any atom is 0.224 e. The maximum atomic E-state index is 12.5. The van der Waals surface area contributed by atoms with Crippen LogP contribution in [0.1, 0.15) is 43.7 Å². The molecule has 1 atom stereocenters. The molecule has 0 radical (unpaired) electrons. The van der Waals surface area contributed by atoms with Gasteiger partial charge < -0.3 is 15.5 Å². The first kappa shape index (κ1) is 22.2. The highest BCUT2D eigenvalue weighted by Gasteiger charge is 2.26. The van der Waals surface area contributed by atoms with Crippen LogP contribution in [-0.2, 0) is 4.79 Å². The van der Waals surface area contributed by atoms with E-state index >= 15 is 0 Å². The summed E-state index contributed by atoms with van der Waals surface area (Å²) in [5, 5.41) is 0. The minimum absolute atomic E-state index is 0. The van der Waals surface area contributed by atoms with Crippen LogP contribution < -0.4 is 5.73 Å². The number of carbonyl (C=O) groups is 1. The van der Waals surface area contributed by atoms with Gasteiger partial charge in [0.25, 0.3) is 0 Å². The molecule has 1 amide bonds. The normalized spacial score (nSPS) is 19.8. The van der Waals surface area contributed by atoms with Crippen LogP contribution in [0, 0.1) is 5.92 Å². The lowest BCUT2D eigenvalue weighted by Gasteiger charge is -2.34. The van der Waals surface area contributed by atoms with Crippen LogP contribution in [0.15, 0.2) is 30.3 Å². The van der Waals surface area contributed by atoms with Gasteiger partial charge in [0, 0.05) is 32.1 Å². The monoisotopic (exact) mass is 387 g/mol. The summed E-state index contributed by atoms with van der Waals surface area (Å²) in [6.45, 7) is 5.57. The molecule has 4 nitrogen and oxygen atoms in total. The van der Waals surface area contributed by atoms with Crippen molar-refractivity contribution >= 4 is 30.7 Å². The molecule has 3 rings (SSSR count). The molecule has 0 aromatic heterocycles. The van der Waals surface area contributed by atoms with Gasteiger partial charge in [0.05, 0.1) is 0 Å². The van der Waals surface area contributed by atoms with E-state index in [-0.39, 0.29) is 36.8 Å². The fraction of sp³-hybridized carbons (Fsp3) is 0.632. The number of benzene rings is 1. The van der Waals surface area contributed by atoms with Gasteiger partial charge in [0.1, 0.15) is 0 Å². The third kappa shape index (κ3) is 6.45. The molecule has 2 heterocycles. The highest BCUT2D eigenvalue weighted by atomic mass is 35.5. The Kier molecular flexibility index (Phi) is 9.80. The van der Waals surface area contributed by atoms with Crippen molar-refractivity contribution in [3.8, 4) is 0 Å². The van der Waals surface area contributed by atoms with E-state index < -0.39 is 0 Å². The topological polar surface area (TPSA) is 49.6 Å². The van der Waals surface area contributed by atoms with Crippen molar-refractivity contribution < 1.29 is 4.79 Å². The number of hydrogen-bond acceptors (Lipinski definition) is 3. The van der Waals surface area contributed by atoms with Crippen molar-refractivity contribution in [1.82, 2.24) is 9.80 Å². The van der Waals surface area contributed by atoms with Crippen molar-refractivity contribution in [2.45, 2.75) is 38.1 Å². The van der Waals surface area contributed by atoms with E-state index in [1.807, 2.05) is 35.2 Å². The number of nitrogens with two attached hydrogens (primary N) is 1. The first-order chi connectivity index (χ1) is 11.2. The Hall–Kier alpha value is -0.810. The van der Waals surface area contributed by atoms with E-state index in [0.717, 1.165) is 37.4 Å². The molecule has 1 aromatic rings. The molecule has 1 aromatic carbocycles. The standard InChI is InChI=1S/C19H29N3O.2ClH/c20-18(17-6-2-1-3-7-17)14-19(23)22-12-8-16(9-13-22)15-21-10-4-5-11-21;;/h1-3,6-7,16,18H,4-5,8-15,20H2;2*1H. The molecule has 0 aliphatic carbocycles. The summed E-state index contributed by atoms with van der Waals surface area (Å²) in [6, 6.07) is 9.74. The summed E-state index contributed by atoms with van der Waals surface area (Å²) in [5.74, 6) is 0.973. The molecule has 2 N–H and O–H groups in total. The Balaban J connectivity index is 0.00000156. The van der Waals surface area contributed by atoms with Gasteiger partial charge in [-0.1, -0.05) is 30.3 Å². The summed E-state index contributed by atoms with van der Waals surface area (Å²) in [6.07, 6.45) is 5.41. The third-order valence-electron chi connectivity index (χ3n) is 5.30. The fourth-order valence-corrected chi connectivity index (χ4v) is 3.83. The molecule has 0 saturated carbocycles. The second kappa shape index (κ2) is 11.0. The number of hydrogen-bond donors (Lipinski definition) is 1. The van der Waals surface area contributed by atoms with Crippen LogP contribution in [-0.4, -0.2) is 48.4 Å². The summed E-state index contributed by atoms with van der Waals surface area (Å²) in [5.41, 5.74) is 7.23. The van der Waals surface area contributed by atoms with Gasteiger partial charge in [-0.2, -0.15) is 0 Å². The Morgan fingerprint density at radius 1 is 1.04 bits per heavy atom. The Morgan fingerprint density at radius 3 is 2.24 bits per heavy atom. The molecule has 2 aliphatic heterocycles. The zero-order valence-electron chi connectivity index (χ0n) is 14.8. The molecule has 0 spiro atoms. The largest absolute Gasteiger partial charge is 0.343 e. The molecule has 2 fully saturated rings. The number of carbonyl (C=O) groups excluding carboxylic acids is 1. The SMILES string of the molecule is Cl.Cl.NC(CC(=O)N1CCC(CN2CCCC2)CC1)c1ccccc1. The van der Waals surface area contributed by atoms with E-state index in [1.54, 1.807) is 0 Å². The first-order valence-corrected chi connectivity index (χ1v) is 9.03. The Labute approximate surface area is 163 Å². The van der Waals surface area contributed by atoms with Crippen molar-refractivity contribution in [3.63, 3.8) is 0 Å². The van der Waals surface area contributed by atoms with Crippen LogP contribution in [0.3, 0.4) is 0 Å². The van der Waals surface area contributed by atoms with Gasteiger partial charge in [-0.25, -0.2) is 0 Å². The summed E-state index contributed by atoms with van der Waals surface area (Å²) >= 11 is 0. The number of rotatable bonds is 5. The van der Waals surface area contributed by atoms with E-state index in [2.05, 4.69) is 4.90 Å². The highest BCUT2D eigenvalue weighted by molar-refractivity contribution is 5.85. The lowest BCUT2D eigenvalue weighted by atomic mass is 9.95. The average molecular weight is 388 g/mol. The quantitative estimate of drug-likeness (QED) is 0.843. The van der Waals surface area contributed by atoms with E-state index in [0.29, 0.717) is 6.42 Å². The van der Waals surface area contributed by atoms with Gasteiger partial charge >= 0.3 is 0 Å². The number of halogens is 2. The minimum Gasteiger partial charge on any atom is -0.343 e. The minimum atomic E-state index is -0.189. The van der Waals surface area contributed by atoms with Crippen LogP contribution in [0.4, 0.5) is 0 Å². The molecule has 2 aliphatic rings. The molecular weight excluding hydrogens is 357 g/mol. The van der Waals surface area contributed by atoms with Gasteiger partial charge in [-0.3, -0.25) is 4.79 Å². The number of nitrogens with zero attached hydrogens (tertiary/aromatic N) is 2. The van der Waals surface area contributed by atoms with Crippen molar-refractivity contribution in [2.24, 2.45) is 11.7 Å². The van der Waals surface area contributed by atoms with Gasteiger partial charge in [0.2, 0.25) is 5.91 Å². The predicted octanol–water partition coefficient (Wildman–Crippen LogP) is 3.25. The molecular formula is C19H31Cl2N3O. The second-order valence-corrected chi connectivity index (χ2v) is 7.05. The molecule has 2 saturated heterocycles. The van der Waals surface area contributed by atoms with Crippen molar-refractivity contribution in [2.75, 3.05) is 32.7 Å². The smallest absolute Gasteiger partial charge is 0.224 e. The predicted molar refractivity (Wildman–Crippen MR) is 107 cm³/mol. The van der Waals surface area contributed by atoms with E-state index in [4.69, 9.17) is 5.73 Å².